The van der Waals surface area contributed by atoms with E-state index in [1.165, 1.54) is 0 Å². The van der Waals surface area contributed by atoms with Crippen molar-refractivity contribution in [3.8, 4) is 5.75 Å². The largest absolute Gasteiger partial charge is 0.495 e. The average molecular weight is 270 g/mol. The number of anilines is 1. The fourth-order valence-corrected chi connectivity index (χ4v) is 1.74. The van der Waals surface area contributed by atoms with Crippen molar-refractivity contribution in [2.75, 3.05) is 32.6 Å². The number of hydrogen-bond donors (Lipinski definition) is 2. The number of halogens is 1. The molecule has 0 spiro atoms. The predicted molar refractivity (Wildman–Crippen MR) is 73.5 cm³/mol. The Hall–Kier alpha value is -1.52. The summed E-state index contributed by atoms with van der Waals surface area (Å²) in [6.07, 6.45) is 1.78. The minimum Gasteiger partial charge on any atom is -0.495 e. The van der Waals surface area contributed by atoms with Gasteiger partial charge in [0.15, 0.2) is 6.54 Å². The van der Waals surface area contributed by atoms with Crippen LogP contribution in [0.4, 0.5) is 5.69 Å². The zero-order chi connectivity index (χ0) is 13.5. The molecular formula is C13H18ClN2O2+. The first-order valence-electron chi connectivity index (χ1n) is 5.62. The van der Waals surface area contributed by atoms with Crippen LogP contribution in [0.25, 0.3) is 0 Å². The SMILES string of the molecule is C=CC[NH+](C)CC(=O)Nc1cc(Cl)ccc1OC. The average Bonchev–Trinajstić information content (AvgIpc) is 2.29. The van der Waals surface area contributed by atoms with Crippen LogP contribution in [0, 0.1) is 0 Å². The molecule has 0 radical (unpaired) electrons. The normalized spacial score (nSPS) is 11.7. The molecule has 1 aromatic carbocycles. The minimum absolute atomic E-state index is 0.0880. The van der Waals surface area contributed by atoms with Gasteiger partial charge in [-0.25, -0.2) is 0 Å². The molecule has 1 atom stereocenters. The molecule has 0 aliphatic rings. The summed E-state index contributed by atoms with van der Waals surface area (Å²) in [5, 5.41) is 3.34. The van der Waals surface area contributed by atoms with Gasteiger partial charge in [-0.05, 0) is 24.3 Å². The van der Waals surface area contributed by atoms with E-state index in [-0.39, 0.29) is 5.91 Å². The lowest BCUT2D eigenvalue weighted by molar-refractivity contribution is -0.864. The Bertz CT molecular complexity index is 435. The number of nitrogens with one attached hydrogen (secondary N) is 2. The number of amides is 1. The molecule has 1 amide bonds. The summed E-state index contributed by atoms with van der Waals surface area (Å²) in [5.74, 6) is 0.504. The van der Waals surface area contributed by atoms with Crippen LogP contribution in [0.1, 0.15) is 0 Å². The molecule has 2 N–H and O–H groups in total. The van der Waals surface area contributed by atoms with Crippen molar-refractivity contribution in [2.24, 2.45) is 0 Å². The molecule has 4 nitrogen and oxygen atoms in total. The summed E-state index contributed by atoms with van der Waals surface area (Å²) in [5.41, 5.74) is 0.585. The molecular weight excluding hydrogens is 252 g/mol. The Labute approximate surface area is 112 Å². The van der Waals surface area contributed by atoms with Gasteiger partial charge in [0, 0.05) is 5.02 Å². The number of methoxy groups -OCH3 is 1. The summed E-state index contributed by atoms with van der Waals surface area (Å²) in [6.45, 7) is 4.74. The van der Waals surface area contributed by atoms with E-state index in [4.69, 9.17) is 16.3 Å². The number of rotatable bonds is 6. The van der Waals surface area contributed by atoms with E-state index in [1.54, 1.807) is 31.4 Å². The summed E-state index contributed by atoms with van der Waals surface area (Å²) < 4.78 is 5.16. The van der Waals surface area contributed by atoms with E-state index < -0.39 is 0 Å². The predicted octanol–water partition coefficient (Wildman–Crippen LogP) is 0.988. The van der Waals surface area contributed by atoms with Crippen molar-refractivity contribution in [1.82, 2.24) is 0 Å². The molecule has 98 valence electrons. The molecule has 0 heterocycles. The number of carbonyl (C=O) groups excluding carboxylic acids is 1. The van der Waals surface area contributed by atoms with Crippen LogP contribution in [0.15, 0.2) is 30.9 Å². The highest BCUT2D eigenvalue weighted by atomic mass is 35.5. The standard InChI is InChI=1S/C13H17ClN2O2/c1-4-7-16(2)9-13(17)15-11-8-10(14)5-6-12(11)18-3/h4-6,8H,1,7,9H2,2-3H3,(H,15,17)/p+1. The van der Waals surface area contributed by atoms with E-state index in [1.807, 2.05) is 7.05 Å². The Morgan fingerprint density at radius 1 is 1.61 bits per heavy atom. The molecule has 5 heteroatoms. The van der Waals surface area contributed by atoms with Gasteiger partial charge < -0.3 is 15.0 Å². The van der Waals surface area contributed by atoms with Gasteiger partial charge in [-0.2, -0.15) is 0 Å². The Morgan fingerprint density at radius 3 is 2.94 bits per heavy atom. The van der Waals surface area contributed by atoms with Crippen LogP contribution in [-0.4, -0.2) is 33.2 Å². The first-order chi connectivity index (χ1) is 8.56. The maximum Gasteiger partial charge on any atom is 0.279 e. The maximum atomic E-state index is 11.8. The molecule has 0 bridgehead atoms. The fourth-order valence-electron chi connectivity index (χ4n) is 1.56. The van der Waals surface area contributed by atoms with E-state index in [0.29, 0.717) is 23.0 Å². The maximum absolute atomic E-state index is 11.8. The van der Waals surface area contributed by atoms with Gasteiger partial charge in [0.1, 0.15) is 5.75 Å². The van der Waals surface area contributed by atoms with Gasteiger partial charge in [-0.1, -0.05) is 18.2 Å². The van der Waals surface area contributed by atoms with Crippen LogP contribution in [-0.2, 0) is 4.79 Å². The number of benzene rings is 1. The van der Waals surface area contributed by atoms with Crippen molar-refractivity contribution in [3.63, 3.8) is 0 Å². The molecule has 1 rings (SSSR count). The minimum atomic E-state index is -0.0880. The van der Waals surface area contributed by atoms with Gasteiger partial charge in [-0.3, -0.25) is 4.79 Å². The topological polar surface area (TPSA) is 42.8 Å². The van der Waals surface area contributed by atoms with Crippen LogP contribution in [0.3, 0.4) is 0 Å². The number of hydrogen-bond acceptors (Lipinski definition) is 2. The molecule has 18 heavy (non-hydrogen) atoms. The molecule has 0 aliphatic heterocycles. The first-order valence-corrected chi connectivity index (χ1v) is 6.00. The first kappa shape index (κ1) is 14.5. The van der Waals surface area contributed by atoms with Gasteiger partial charge in [0.05, 0.1) is 26.4 Å². The molecule has 0 fully saturated rings. The molecule has 0 saturated heterocycles. The Kier molecular flexibility index (Phi) is 5.68. The molecule has 0 aromatic heterocycles. The third kappa shape index (κ3) is 4.39. The van der Waals surface area contributed by atoms with Crippen LogP contribution in [0.5, 0.6) is 5.75 Å². The summed E-state index contributed by atoms with van der Waals surface area (Å²) in [4.78, 5) is 12.9. The Balaban J connectivity index is 2.69. The van der Waals surface area contributed by atoms with Crippen LogP contribution >= 0.6 is 11.6 Å². The van der Waals surface area contributed by atoms with Crippen LogP contribution < -0.4 is 15.0 Å². The quantitative estimate of drug-likeness (QED) is 0.757. The summed E-state index contributed by atoms with van der Waals surface area (Å²) in [6, 6.07) is 5.10. The zero-order valence-corrected chi connectivity index (χ0v) is 11.4. The molecule has 1 aromatic rings. The van der Waals surface area contributed by atoms with E-state index in [9.17, 15) is 4.79 Å². The van der Waals surface area contributed by atoms with Gasteiger partial charge in [0.2, 0.25) is 0 Å². The number of carbonyl (C=O) groups is 1. The third-order valence-electron chi connectivity index (χ3n) is 2.39. The number of ether oxygens (including phenoxy) is 1. The number of quaternary nitrogens is 1. The summed E-state index contributed by atoms with van der Waals surface area (Å²) in [7, 11) is 3.48. The van der Waals surface area contributed by atoms with Gasteiger partial charge >= 0.3 is 0 Å². The van der Waals surface area contributed by atoms with E-state index in [2.05, 4.69) is 11.9 Å². The monoisotopic (exact) mass is 269 g/mol. The highest BCUT2D eigenvalue weighted by Gasteiger charge is 2.11. The second-order valence-corrected chi connectivity index (χ2v) is 4.46. The lowest BCUT2D eigenvalue weighted by Crippen LogP contribution is -3.09. The van der Waals surface area contributed by atoms with E-state index in [0.717, 1.165) is 11.4 Å². The van der Waals surface area contributed by atoms with Gasteiger partial charge in [0.25, 0.3) is 5.91 Å². The van der Waals surface area contributed by atoms with Crippen molar-refractivity contribution in [1.29, 1.82) is 0 Å². The van der Waals surface area contributed by atoms with Gasteiger partial charge in [-0.15, -0.1) is 0 Å². The zero-order valence-electron chi connectivity index (χ0n) is 10.6. The van der Waals surface area contributed by atoms with Crippen molar-refractivity contribution in [3.05, 3.63) is 35.9 Å². The number of likely N-dealkylation sites (N-methyl/N-ethyl adjacent to an activating group) is 1. The van der Waals surface area contributed by atoms with Crippen molar-refractivity contribution in [2.45, 2.75) is 0 Å². The van der Waals surface area contributed by atoms with Crippen molar-refractivity contribution < 1.29 is 14.4 Å². The summed E-state index contributed by atoms with van der Waals surface area (Å²) >= 11 is 5.89. The second-order valence-electron chi connectivity index (χ2n) is 4.02. The fraction of sp³-hybridized carbons (Fsp3) is 0.308. The third-order valence-corrected chi connectivity index (χ3v) is 2.63. The lowest BCUT2D eigenvalue weighted by atomic mass is 10.3. The van der Waals surface area contributed by atoms with Crippen LogP contribution in [0.2, 0.25) is 5.02 Å². The molecule has 1 unspecified atom stereocenters. The van der Waals surface area contributed by atoms with E-state index >= 15 is 0 Å². The highest BCUT2D eigenvalue weighted by Crippen LogP contribution is 2.27. The van der Waals surface area contributed by atoms with Crippen molar-refractivity contribution >= 4 is 23.2 Å². The lowest BCUT2D eigenvalue weighted by Gasteiger charge is -2.13. The second kappa shape index (κ2) is 7.03. The molecule has 0 saturated carbocycles. The molecule has 0 aliphatic carbocycles. The highest BCUT2D eigenvalue weighted by molar-refractivity contribution is 6.31. The smallest absolute Gasteiger partial charge is 0.279 e. The Morgan fingerprint density at radius 2 is 2.33 bits per heavy atom.